The number of nitrogens with two attached hydrogens (primary N) is 1. The lowest BCUT2D eigenvalue weighted by Crippen LogP contribution is -2.29. The fourth-order valence-corrected chi connectivity index (χ4v) is 2.87. The molecule has 1 aromatic rings. The van der Waals surface area contributed by atoms with Crippen LogP contribution in [-0.4, -0.2) is 12.0 Å². The molecule has 0 aliphatic heterocycles. The molecule has 5 heteroatoms. The summed E-state index contributed by atoms with van der Waals surface area (Å²) in [6, 6.07) is 1.66. The molecule has 106 valence electrons. The van der Waals surface area contributed by atoms with Gasteiger partial charge in [-0.1, -0.05) is 13.8 Å². The molecular weight excluding hydrogens is 244 g/mol. The van der Waals surface area contributed by atoms with Gasteiger partial charge in [-0.2, -0.15) is 0 Å². The van der Waals surface area contributed by atoms with E-state index in [-0.39, 0.29) is 12.0 Å². The van der Waals surface area contributed by atoms with E-state index in [2.05, 4.69) is 19.3 Å². The molecule has 19 heavy (non-hydrogen) atoms. The van der Waals surface area contributed by atoms with Crippen molar-refractivity contribution in [3.63, 3.8) is 0 Å². The van der Waals surface area contributed by atoms with Gasteiger partial charge in [0.1, 0.15) is 18.6 Å². The summed E-state index contributed by atoms with van der Waals surface area (Å²) in [5.74, 6) is 6.79. The third-order valence-electron chi connectivity index (χ3n) is 3.64. The van der Waals surface area contributed by atoms with Crippen LogP contribution in [0.25, 0.3) is 0 Å². The summed E-state index contributed by atoms with van der Waals surface area (Å²) in [7, 11) is 0. The van der Waals surface area contributed by atoms with Gasteiger partial charge in [0, 0.05) is 0 Å². The number of hydrazine groups is 1. The van der Waals surface area contributed by atoms with Crippen LogP contribution in [0.1, 0.15) is 49.2 Å². The van der Waals surface area contributed by atoms with Gasteiger partial charge in [0.15, 0.2) is 0 Å². The highest BCUT2D eigenvalue weighted by atomic mass is 16.5. The molecule has 1 saturated carbocycles. The molecular formula is C14H22N2O3. The van der Waals surface area contributed by atoms with Crippen molar-refractivity contribution in [1.82, 2.24) is 5.43 Å². The zero-order chi connectivity index (χ0) is 13.8. The van der Waals surface area contributed by atoms with Crippen molar-refractivity contribution in [2.24, 2.45) is 17.7 Å². The SMILES string of the molecule is CC1CC(C)CC(OCc2cc(C(=O)NN)co2)C1. The van der Waals surface area contributed by atoms with Crippen LogP contribution in [0.2, 0.25) is 0 Å². The summed E-state index contributed by atoms with van der Waals surface area (Å²) in [6.45, 7) is 4.94. The van der Waals surface area contributed by atoms with Crippen molar-refractivity contribution < 1.29 is 13.9 Å². The van der Waals surface area contributed by atoms with E-state index < -0.39 is 0 Å². The summed E-state index contributed by atoms with van der Waals surface area (Å²) in [5, 5.41) is 0. The first-order valence-corrected chi connectivity index (χ1v) is 6.78. The topological polar surface area (TPSA) is 77.5 Å². The highest BCUT2D eigenvalue weighted by Gasteiger charge is 2.24. The zero-order valence-electron chi connectivity index (χ0n) is 11.5. The molecule has 0 radical (unpaired) electrons. The maximum Gasteiger partial charge on any atom is 0.268 e. The van der Waals surface area contributed by atoms with Crippen molar-refractivity contribution in [2.75, 3.05) is 0 Å². The van der Waals surface area contributed by atoms with Gasteiger partial charge in [0.05, 0.1) is 11.7 Å². The van der Waals surface area contributed by atoms with Crippen LogP contribution in [0.3, 0.4) is 0 Å². The average Bonchev–Trinajstić information content (AvgIpc) is 2.83. The third kappa shape index (κ3) is 3.81. The van der Waals surface area contributed by atoms with E-state index in [9.17, 15) is 4.79 Å². The van der Waals surface area contributed by atoms with Gasteiger partial charge in [-0.15, -0.1) is 0 Å². The van der Waals surface area contributed by atoms with Gasteiger partial charge in [0.25, 0.3) is 5.91 Å². The standard InChI is InChI=1S/C14H22N2O3/c1-9-3-10(2)5-12(4-9)19-8-13-6-11(7-18-13)14(17)16-15/h6-7,9-10,12H,3-5,8,15H2,1-2H3,(H,16,17). The zero-order valence-corrected chi connectivity index (χ0v) is 11.5. The van der Waals surface area contributed by atoms with Crippen molar-refractivity contribution in [3.05, 3.63) is 23.7 Å². The van der Waals surface area contributed by atoms with Gasteiger partial charge in [-0.3, -0.25) is 10.2 Å². The first-order chi connectivity index (χ1) is 9.08. The number of amides is 1. The minimum absolute atomic E-state index is 0.288. The molecule has 1 fully saturated rings. The van der Waals surface area contributed by atoms with Crippen LogP contribution in [0.4, 0.5) is 0 Å². The van der Waals surface area contributed by atoms with E-state index in [1.165, 1.54) is 12.7 Å². The van der Waals surface area contributed by atoms with Crippen LogP contribution in [-0.2, 0) is 11.3 Å². The Morgan fingerprint density at radius 1 is 1.42 bits per heavy atom. The van der Waals surface area contributed by atoms with E-state index in [0.717, 1.165) is 12.8 Å². The Hall–Kier alpha value is -1.33. The maximum absolute atomic E-state index is 11.3. The molecule has 1 heterocycles. The molecule has 2 rings (SSSR count). The van der Waals surface area contributed by atoms with Crippen LogP contribution in [0, 0.1) is 11.8 Å². The van der Waals surface area contributed by atoms with E-state index >= 15 is 0 Å². The normalized spacial score (nSPS) is 27.2. The lowest BCUT2D eigenvalue weighted by Gasteiger charge is -2.31. The van der Waals surface area contributed by atoms with Gasteiger partial charge in [-0.05, 0) is 37.2 Å². The van der Waals surface area contributed by atoms with Gasteiger partial charge in [-0.25, -0.2) is 5.84 Å². The molecule has 0 spiro atoms. The molecule has 3 N–H and O–H groups in total. The second-order valence-corrected chi connectivity index (χ2v) is 5.63. The molecule has 2 unspecified atom stereocenters. The number of carbonyl (C=O) groups is 1. The minimum atomic E-state index is -0.352. The number of rotatable bonds is 4. The van der Waals surface area contributed by atoms with Crippen LogP contribution >= 0.6 is 0 Å². The van der Waals surface area contributed by atoms with Crippen LogP contribution in [0.15, 0.2) is 16.7 Å². The molecule has 0 aromatic carbocycles. The maximum atomic E-state index is 11.3. The molecule has 1 aromatic heterocycles. The molecule has 0 saturated heterocycles. The summed E-state index contributed by atoms with van der Waals surface area (Å²) >= 11 is 0. The van der Waals surface area contributed by atoms with Gasteiger partial charge >= 0.3 is 0 Å². The lowest BCUT2D eigenvalue weighted by atomic mass is 9.82. The summed E-state index contributed by atoms with van der Waals surface area (Å²) in [6.07, 6.45) is 5.16. The van der Waals surface area contributed by atoms with Crippen LogP contribution < -0.4 is 11.3 Å². The van der Waals surface area contributed by atoms with Crippen molar-refractivity contribution in [3.8, 4) is 0 Å². The second kappa shape index (κ2) is 6.21. The number of hydrogen-bond acceptors (Lipinski definition) is 4. The Bertz CT molecular complexity index is 420. The van der Waals surface area contributed by atoms with Crippen molar-refractivity contribution in [2.45, 2.75) is 45.8 Å². The molecule has 1 aliphatic carbocycles. The number of ether oxygens (including phenoxy) is 1. The average molecular weight is 266 g/mol. The van der Waals surface area contributed by atoms with E-state index in [4.69, 9.17) is 15.0 Å². The largest absolute Gasteiger partial charge is 0.466 e. The molecule has 0 bridgehead atoms. The fraction of sp³-hybridized carbons (Fsp3) is 0.643. The third-order valence-corrected chi connectivity index (χ3v) is 3.64. The number of nitrogen functional groups attached to an aromatic ring is 1. The summed E-state index contributed by atoms with van der Waals surface area (Å²) < 4.78 is 11.2. The lowest BCUT2D eigenvalue weighted by molar-refractivity contribution is -0.0156. The predicted octanol–water partition coefficient (Wildman–Crippen LogP) is 2.22. The number of furan rings is 1. The summed E-state index contributed by atoms with van der Waals surface area (Å²) in [5.41, 5.74) is 2.49. The predicted molar refractivity (Wildman–Crippen MR) is 71.1 cm³/mol. The highest BCUT2D eigenvalue weighted by molar-refractivity contribution is 5.93. The van der Waals surface area contributed by atoms with Gasteiger partial charge < -0.3 is 9.15 Å². The Balaban J connectivity index is 1.85. The summed E-state index contributed by atoms with van der Waals surface area (Å²) in [4.78, 5) is 11.3. The first kappa shape index (κ1) is 14.1. The number of nitrogens with one attached hydrogen (secondary N) is 1. The highest BCUT2D eigenvalue weighted by Crippen LogP contribution is 2.30. The molecule has 2 atom stereocenters. The van der Waals surface area contributed by atoms with E-state index in [1.807, 2.05) is 0 Å². The Labute approximate surface area is 113 Å². The van der Waals surface area contributed by atoms with Crippen molar-refractivity contribution >= 4 is 5.91 Å². The first-order valence-electron chi connectivity index (χ1n) is 6.78. The smallest absolute Gasteiger partial charge is 0.268 e. The second-order valence-electron chi connectivity index (χ2n) is 5.63. The molecule has 1 aliphatic rings. The minimum Gasteiger partial charge on any atom is -0.466 e. The molecule has 5 nitrogen and oxygen atoms in total. The quantitative estimate of drug-likeness (QED) is 0.497. The van der Waals surface area contributed by atoms with Gasteiger partial charge in [0.2, 0.25) is 0 Å². The van der Waals surface area contributed by atoms with Crippen LogP contribution in [0.5, 0.6) is 0 Å². The number of hydrogen-bond donors (Lipinski definition) is 2. The fourth-order valence-electron chi connectivity index (χ4n) is 2.87. The Morgan fingerprint density at radius 3 is 2.74 bits per heavy atom. The van der Waals surface area contributed by atoms with E-state index in [1.54, 1.807) is 6.07 Å². The Kier molecular flexibility index (Phi) is 4.61. The van der Waals surface area contributed by atoms with E-state index in [0.29, 0.717) is 29.8 Å². The number of carbonyl (C=O) groups excluding carboxylic acids is 1. The van der Waals surface area contributed by atoms with Crippen molar-refractivity contribution in [1.29, 1.82) is 0 Å². The Morgan fingerprint density at radius 2 is 2.11 bits per heavy atom. The molecule has 1 amide bonds. The monoisotopic (exact) mass is 266 g/mol.